The van der Waals surface area contributed by atoms with Crippen LogP contribution < -0.4 is 0 Å². The smallest absolute Gasteiger partial charge is 0.284 e. The summed E-state index contributed by atoms with van der Waals surface area (Å²) >= 11 is 0. The molecule has 1 rings (SSSR count). The second kappa shape index (κ2) is 10.1. The molecule has 1 aromatic rings. The van der Waals surface area contributed by atoms with E-state index >= 15 is 0 Å². The van der Waals surface area contributed by atoms with Crippen LogP contribution in [-0.2, 0) is 9.63 Å². The second-order valence-electron chi connectivity index (χ2n) is 4.19. The lowest BCUT2D eigenvalue weighted by Gasteiger charge is -2.17. The number of carbonyl (C=O) groups excluding carboxylic acids is 2. The van der Waals surface area contributed by atoms with E-state index in [9.17, 15) is 9.59 Å². The van der Waals surface area contributed by atoms with Crippen LogP contribution in [0.5, 0.6) is 0 Å². The predicted octanol–water partition coefficient (Wildman–Crippen LogP) is 2.11. The Labute approximate surface area is 121 Å². The summed E-state index contributed by atoms with van der Waals surface area (Å²) in [6.07, 6.45) is 0.393. The third kappa shape index (κ3) is 5.95. The van der Waals surface area contributed by atoms with E-state index in [1.165, 1.54) is 0 Å². The normalized spacial score (nSPS) is 9.70. The summed E-state index contributed by atoms with van der Waals surface area (Å²) in [5.41, 5.74) is 1.28. The van der Waals surface area contributed by atoms with Crippen LogP contribution in [0, 0.1) is 6.92 Å². The Morgan fingerprint density at radius 3 is 2.35 bits per heavy atom. The van der Waals surface area contributed by atoms with E-state index in [0.29, 0.717) is 18.5 Å². The molecule has 0 aromatic heterocycles. The van der Waals surface area contributed by atoms with E-state index in [2.05, 4.69) is 0 Å². The maximum atomic E-state index is 12.0. The van der Waals surface area contributed by atoms with Crippen LogP contribution in [0.2, 0.25) is 0 Å². The van der Waals surface area contributed by atoms with Crippen molar-refractivity contribution in [3.05, 3.63) is 35.4 Å². The molecular formula is C15H24N2O3. The van der Waals surface area contributed by atoms with Crippen LogP contribution >= 0.6 is 0 Å². The zero-order chi connectivity index (χ0) is 15.5. The molecule has 0 saturated carbocycles. The summed E-state index contributed by atoms with van der Waals surface area (Å²) in [4.78, 5) is 30.0. The Bertz CT molecular complexity index is 419. The first-order valence-corrected chi connectivity index (χ1v) is 6.68. The Morgan fingerprint density at radius 2 is 1.85 bits per heavy atom. The van der Waals surface area contributed by atoms with Crippen molar-refractivity contribution >= 4 is 12.3 Å². The largest absolute Gasteiger partial charge is 0.307 e. The van der Waals surface area contributed by atoms with Gasteiger partial charge in [0.2, 0.25) is 6.41 Å². The van der Waals surface area contributed by atoms with Gasteiger partial charge in [0.25, 0.3) is 5.91 Å². The molecule has 0 unspecified atom stereocenters. The van der Waals surface area contributed by atoms with Crippen molar-refractivity contribution in [2.75, 3.05) is 27.2 Å². The number of nitrogens with zero attached hydrogens (tertiary/aromatic N) is 2. The molecule has 0 saturated heterocycles. The van der Waals surface area contributed by atoms with E-state index in [-0.39, 0.29) is 6.61 Å². The number of hydroxylamine groups is 2. The highest BCUT2D eigenvalue weighted by atomic mass is 16.7. The highest BCUT2D eigenvalue weighted by Gasteiger charge is 2.17. The van der Waals surface area contributed by atoms with Crippen molar-refractivity contribution in [1.29, 1.82) is 0 Å². The lowest BCUT2D eigenvalue weighted by Crippen LogP contribution is -2.33. The van der Waals surface area contributed by atoms with Crippen LogP contribution in [0.25, 0.3) is 0 Å². The zero-order valence-corrected chi connectivity index (χ0v) is 12.9. The van der Waals surface area contributed by atoms with Gasteiger partial charge in [-0.15, -0.1) is 0 Å². The van der Waals surface area contributed by atoms with E-state index in [1.54, 1.807) is 12.1 Å². The van der Waals surface area contributed by atoms with E-state index in [0.717, 1.165) is 10.6 Å². The zero-order valence-electron chi connectivity index (χ0n) is 12.9. The van der Waals surface area contributed by atoms with Crippen molar-refractivity contribution in [1.82, 2.24) is 9.96 Å². The summed E-state index contributed by atoms with van der Waals surface area (Å²) < 4.78 is 0. The van der Waals surface area contributed by atoms with Gasteiger partial charge in [-0.3, -0.25) is 14.4 Å². The summed E-state index contributed by atoms with van der Waals surface area (Å²) in [6, 6.07) is 7.08. The summed E-state index contributed by atoms with van der Waals surface area (Å²) in [6.45, 7) is 6.73. The fourth-order valence-electron chi connectivity index (χ4n) is 1.39. The van der Waals surface area contributed by atoms with Crippen LogP contribution in [-0.4, -0.2) is 49.5 Å². The van der Waals surface area contributed by atoms with Crippen molar-refractivity contribution in [3.63, 3.8) is 0 Å². The monoisotopic (exact) mass is 280 g/mol. The molecule has 0 fully saturated rings. The minimum Gasteiger partial charge on any atom is -0.307 e. The van der Waals surface area contributed by atoms with Gasteiger partial charge >= 0.3 is 0 Å². The summed E-state index contributed by atoms with van der Waals surface area (Å²) in [5.74, 6) is -0.443. The summed E-state index contributed by atoms with van der Waals surface area (Å²) in [7, 11) is 3.77. The number of benzene rings is 1. The van der Waals surface area contributed by atoms with E-state index < -0.39 is 5.91 Å². The topological polar surface area (TPSA) is 49.9 Å². The van der Waals surface area contributed by atoms with Crippen LogP contribution in [0.15, 0.2) is 24.3 Å². The molecule has 20 heavy (non-hydrogen) atoms. The lowest BCUT2D eigenvalue weighted by atomic mass is 10.1. The molecule has 0 N–H and O–H groups in total. The number of amides is 2. The number of likely N-dealkylation sites (N-methyl/N-ethyl adjacent to an activating group) is 1. The predicted molar refractivity (Wildman–Crippen MR) is 79.3 cm³/mol. The van der Waals surface area contributed by atoms with Gasteiger partial charge in [0.05, 0.1) is 6.61 Å². The molecule has 0 aliphatic carbocycles. The quantitative estimate of drug-likeness (QED) is 0.591. The minimum atomic E-state index is -0.443. The second-order valence-corrected chi connectivity index (χ2v) is 4.19. The number of rotatable bonds is 6. The van der Waals surface area contributed by atoms with Gasteiger partial charge in [0, 0.05) is 12.1 Å². The molecule has 5 nitrogen and oxygen atoms in total. The van der Waals surface area contributed by atoms with Gasteiger partial charge in [-0.1, -0.05) is 32.0 Å². The molecule has 5 heteroatoms. The van der Waals surface area contributed by atoms with Gasteiger partial charge < -0.3 is 4.90 Å². The number of aryl methyl sites for hydroxylation is 1. The average molecular weight is 280 g/mol. The maximum Gasteiger partial charge on any atom is 0.284 e. The van der Waals surface area contributed by atoms with Crippen LogP contribution in [0.4, 0.5) is 0 Å². The maximum absolute atomic E-state index is 12.0. The van der Waals surface area contributed by atoms with Gasteiger partial charge in [0.1, 0.15) is 0 Å². The molecule has 0 atom stereocenters. The fourth-order valence-corrected chi connectivity index (χ4v) is 1.39. The van der Waals surface area contributed by atoms with E-state index in [1.807, 2.05) is 51.9 Å². The molecule has 0 spiro atoms. The third-order valence-corrected chi connectivity index (χ3v) is 2.44. The molecule has 0 aliphatic rings. The SMILES string of the molecule is CC.Cc1ccccc1C(=O)N(C=O)OCCN(C)C. The number of hydrogen-bond acceptors (Lipinski definition) is 4. The molecule has 112 valence electrons. The van der Waals surface area contributed by atoms with Crippen LogP contribution in [0.1, 0.15) is 29.8 Å². The molecule has 1 aromatic carbocycles. The Balaban J connectivity index is 0.00000172. The third-order valence-electron chi connectivity index (χ3n) is 2.44. The van der Waals surface area contributed by atoms with Gasteiger partial charge in [0.15, 0.2) is 0 Å². The standard InChI is InChI=1S/C13H18N2O3.C2H6/c1-11-6-4-5-7-12(11)13(17)15(10-16)18-9-8-14(2)3;1-2/h4-7,10H,8-9H2,1-3H3;1-2H3. The van der Waals surface area contributed by atoms with Gasteiger partial charge in [-0.25, -0.2) is 0 Å². The van der Waals surface area contributed by atoms with Crippen LogP contribution in [0.3, 0.4) is 0 Å². The lowest BCUT2D eigenvalue weighted by molar-refractivity contribution is -0.156. The molecule has 0 radical (unpaired) electrons. The molecule has 0 bridgehead atoms. The number of hydrogen-bond donors (Lipinski definition) is 0. The minimum absolute atomic E-state index is 0.281. The first-order valence-electron chi connectivity index (χ1n) is 6.68. The van der Waals surface area contributed by atoms with Crippen molar-refractivity contribution < 1.29 is 14.4 Å². The van der Waals surface area contributed by atoms with Gasteiger partial charge in [-0.2, -0.15) is 5.06 Å². The van der Waals surface area contributed by atoms with Gasteiger partial charge in [-0.05, 0) is 32.6 Å². The molecule has 0 aliphatic heterocycles. The van der Waals surface area contributed by atoms with Crippen molar-refractivity contribution in [2.24, 2.45) is 0 Å². The van der Waals surface area contributed by atoms with Crippen molar-refractivity contribution in [2.45, 2.75) is 20.8 Å². The Kier molecular flexibility index (Phi) is 9.24. The first-order chi connectivity index (χ1) is 9.56. The average Bonchev–Trinajstić information content (AvgIpc) is 2.45. The number of imide groups is 1. The Hall–Kier alpha value is -1.72. The Morgan fingerprint density at radius 1 is 1.25 bits per heavy atom. The highest BCUT2D eigenvalue weighted by molar-refractivity contribution is 5.99. The molecule has 2 amide bonds. The molecular weight excluding hydrogens is 256 g/mol. The molecule has 0 heterocycles. The highest BCUT2D eigenvalue weighted by Crippen LogP contribution is 2.10. The van der Waals surface area contributed by atoms with E-state index in [4.69, 9.17) is 4.84 Å². The van der Waals surface area contributed by atoms with Crippen molar-refractivity contribution in [3.8, 4) is 0 Å². The fraction of sp³-hybridized carbons (Fsp3) is 0.467. The first kappa shape index (κ1) is 18.3. The summed E-state index contributed by atoms with van der Waals surface area (Å²) in [5, 5.41) is 0.742. The number of carbonyl (C=O) groups is 2.